The van der Waals surface area contributed by atoms with Crippen LogP contribution in [0.15, 0.2) is 45.6 Å². The summed E-state index contributed by atoms with van der Waals surface area (Å²) in [5.74, 6) is 1.02. The van der Waals surface area contributed by atoms with Gasteiger partial charge in [0.15, 0.2) is 11.5 Å². The second kappa shape index (κ2) is 10.5. The van der Waals surface area contributed by atoms with Crippen molar-refractivity contribution >= 4 is 34.2 Å². The van der Waals surface area contributed by atoms with Crippen molar-refractivity contribution in [3.05, 3.63) is 63.0 Å². The number of anilines is 1. The summed E-state index contributed by atoms with van der Waals surface area (Å²) in [6.45, 7) is 7.15. The molecule has 0 bridgehead atoms. The third-order valence-corrected chi connectivity index (χ3v) is 5.20. The van der Waals surface area contributed by atoms with Crippen molar-refractivity contribution in [3.63, 3.8) is 0 Å². The number of ether oxygens (including phenoxy) is 2. The van der Waals surface area contributed by atoms with Gasteiger partial charge in [-0.1, -0.05) is 11.6 Å². The van der Waals surface area contributed by atoms with E-state index in [2.05, 4.69) is 5.32 Å². The summed E-state index contributed by atoms with van der Waals surface area (Å²) < 4.78 is 16.5. The van der Waals surface area contributed by atoms with Crippen LogP contribution in [0.3, 0.4) is 0 Å². The number of fused-ring (bicyclic) bond motifs is 1. The average Bonchev–Trinajstić information content (AvgIpc) is 2.71. The van der Waals surface area contributed by atoms with Crippen LogP contribution < -0.4 is 20.4 Å². The Labute approximate surface area is 191 Å². The van der Waals surface area contributed by atoms with Crippen LogP contribution in [-0.2, 0) is 11.3 Å². The van der Waals surface area contributed by atoms with Crippen LogP contribution >= 0.6 is 11.6 Å². The molecule has 3 rings (SSSR count). The van der Waals surface area contributed by atoms with E-state index in [1.165, 1.54) is 6.07 Å². The topological polar surface area (TPSA) is 81.0 Å². The van der Waals surface area contributed by atoms with E-state index in [0.717, 1.165) is 16.5 Å². The molecular weight excluding hydrogens is 432 g/mol. The lowest BCUT2D eigenvalue weighted by molar-refractivity contribution is -0.117. The zero-order valence-corrected chi connectivity index (χ0v) is 19.4. The number of rotatable bonds is 9. The standard InChI is InChI=1S/C24H27ClN2O5/c1-5-30-20-8-7-17(11-22(20)31-6-2)26-23(28)14-27(4)13-16-10-24(29)32-21-9-15(3)19(25)12-18(16)21/h7-12H,5-6,13-14H2,1-4H3,(H,26,28). The first kappa shape index (κ1) is 23.6. The van der Waals surface area contributed by atoms with E-state index in [4.69, 9.17) is 25.5 Å². The number of halogens is 1. The number of amides is 1. The first-order valence-corrected chi connectivity index (χ1v) is 10.8. The maximum Gasteiger partial charge on any atom is 0.336 e. The Morgan fingerprint density at radius 3 is 2.53 bits per heavy atom. The molecule has 0 spiro atoms. The number of aryl methyl sites for hydroxylation is 1. The largest absolute Gasteiger partial charge is 0.490 e. The number of benzene rings is 2. The van der Waals surface area contributed by atoms with Crippen molar-refractivity contribution in [1.82, 2.24) is 4.90 Å². The predicted octanol–water partition coefficient (Wildman–Crippen LogP) is 4.62. The number of nitrogens with one attached hydrogen (secondary N) is 1. The molecule has 32 heavy (non-hydrogen) atoms. The lowest BCUT2D eigenvalue weighted by Crippen LogP contribution is -2.30. The summed E-state index contributed by atoms with van der Waals surface area (Å²) in [6.07, 6.45) is 0. The van der Waals surface area contributed by atoms with Gasteiger partial charge >= 0.3 is 5.63 Å². The van der Waals surface area contributed by atoms with Gasteiger partial charge in [0.1, 0.15) is 5.58 Å². The maximum atomic E-state index is 12.6. The Morgan fingerprint density at radius 1 is 1.09 bits per heavy atom. The summed E-state index contributed by atoms with van der Waals surface area (Å²) in [5, 5.41) is 4.22. The quantitative estimate of drug-likeness (QED) is 0.471. The summed E-state index contributed by atoms with van der Waals surface area (Å²) in [7, 11) is 1.81. The average molecular weight is 459 g/mol. The number of carbonyl (C=O) groups is 1. The molecule has 0 fully saturated rings. The van der Waals surface area contributed by atoms with E-state index in [0.29, 0.717) is 47.6 Å². The molecular formula is C24H27ClN2O5. The van der Waals surface area contributed by atoms with Crippen LogP contribution in [0.1, 0.15) is 25.0 Å². The minimum absolute atomic E-state index is 0.124. The van der Waals surface area contributed by atoms with Crippen LogP contribution in [0.4, 0.5) is 5.69 Å². The van der Waals surface area contributed by atoms with Crippen molar-refractivity contribution < 1.29 is 18.7 Å². The SMILES string of the molecule is CCOc1ccc(NC(=O)CN(C)Cc2cc(=O)oc3cc(C)c(Cl)cc23)cc1OCC. The Kier molecular flexibility index (Phi) is 7.77. The first-order valence-electron chi connectivity index (χ1n) is 10.4. The first-order chi connectivity index (χ1) is 15.3. The summed E-state index contributed by atoms with van der Waals surface area (Å²) >= 11 is 6.26. The normalized spacial score (nSPS) is 11.1. The van der Waals surface area contributed by atoms with Crippen LogP contribution in [-0.4, -0.2) is 37.6 Å². The van der Waals surface area contributed by atoms with Gasteiger partial charge in [-0.05, 0) is 63.2 Å². The highest BCUT2D eigenvalue weighted by molar-refractivity contribution is 6.32. The Morgan fingerprint density at radius 2 is 1.81 bits per heavy atom. The number of likely N-dealkylation sites (N-methyl/N-ethyl adjacent to an activating group) is 1. The van der Waals surface area contributed by atoms with E-state index in [-0.39, 0.29) is 12.5 Å². The molecule has 1 aromatic heterocycles. The molecule has 0 atom stereocenters. The molecule has 0 aliphatic rings. The fourth-order valence-corrected chi connectivity index (χ4v) is 3.56. The third kappa shape index (κ3) is 5.81. The zero-order chi connectivity index (χ0) is 23.3. The van der Waals surface area contributed by atoms with Gasteiger partial charge in [0.2, 0.25) is 5.91 Å². The highest BCUT2D eigenvalue weighted by Crippen LogP contribution is 2.30. The van der Waals surface area contributed by atoms with Crippen molar-refractivity contribution in [1.29, 1.82) is 0 Å². The number of nitrogens with zero attached hydrogens (tertiary/aromatic N) is 1. The summed E-state index contributed by atoms with van der Waals surface area (Å²) in [5.41, 5.74) is 2.22. The van der Waals surface area contributed by atoms with E-state index in [1.54, 1.807) is 37.4 Å². The minimum Gasteiger partial charge on any atom is -0.490 e. The van der Waals surface area contributed by atoms with E-state index >= 15 is 0 Å². The van der Waals surface area contributed by atoms with Crippen molar-refractivity contribution in [2.24, 2.45) is 0 Å². The van der Waals surface area contributed by atoms with Crippen molar-refractivity contribution in [3.8, 4) is 11.5 Å². The molecule has 0 saturated carbocycles. The van der Waals surface area contributed by atoms with Crippen molar-refractivity contribution in [2.45, 2.75) is 27.3 Å². The lowest BCUT2D eigenvalue weighted by Gasteiger charge is -2.18. The van der Waals surface area contributed by atoms with Crippen LogP contribution in [0, 0.1) is 6.92 Å². The fourth-order valence-electron chi connectivity index (χ4n) is 3.40. The molecule has 0 saturated heterocycles. The van der Waals surface area contributed by atoms with E-state index in [9.17, 15) is 9.59 Å². The molecule has 170 valence electrons. The van der Waals surface area contributed by atoms with Gasteiger partial charge in [-0.3, -0.25) is 9.69 Å². The molecule has 0 aliphatic heterocycles. The number of carbonyl (C=O) groups excluding carboxylic acids is 1. The number of hydrogen-bond donors (Lipinski definition) is 1. The summed E-state index contributed by atoms with van der Waals surface area (Å²) in [6, 6.07) is 10.3. The van der Waals surface area contributed by atoms with Gasteiger partial charge in [-0.15, -0.1) is 0 Å². The second-order valence-corrected chi connectivity index (χ2v) is 7.84. The lowest BCUT2D eigenvalue weighted by atomic mass is 10.1. The minimum atomic E-state index is -0.440. The van der Waals surface area contributed by atoms with Crippen LogP contribution in [0.5, 0.6) is 11.5 Å². The molecule has 8 heteroatoms. The smallest absolute Gasteiger partial charge is 0.336 e. The highest BCUT2D eigenvalue weighted by Gasteiger charge is 2.14. The molecule has 3 aromatic rings. The highest BCUT2D eigenvalue weighted by atomic mass is 35.5. The third-order valence-electron chi connectivity index (χ3n) is 4.79. The van der Waals surface area contributed by atoms with Gasteiger partial charge in [0, 0.05) is 34.8 Å². The molecule has 2 aromatic carbocycles. The molecule has 1 N–H and O–H groups in total. The van der Waals surface area contributed by atoms with Crippen molar-refractivity contribution in [2.75, 3.05) is 32.1 Å². The van der Waals surface area contributed by atoms with Gasteiger partial charge in [0.25, 0.3) is 0 Å². The van der Waals surface area contributed by atoms with Crippen LogP contribution in [0.2, 0.25) is 5.02 Å². The van der Waals surface area contributed by atoms with E-state index in [1.807, 2.05) is 25.7 Å². The molecule has 1 amide bonds. The monoisotopic (exact) mass is 458 g/mol. The molecule has 0 aliphatic carbocycles. The van der Waals surface area contributed by atoms with Gasteiger partial charge in [0.05, 0.1) is 19.8 Å². The molecule has 7 nitrogen and oxygen atoms in total. The van der Waals surface area contributed by atoms with Gasteiger partial charge < -0.3 is 19.2 Å². The Balaban J connectivity index is 1.71. The molecule has 0 radical (unpaired) electrons. The maximum absolute atomic E-state index is 12.6. The fraction of sp³-hybridized carbons (Fsp3) is 0.333. The molecule has 1 heterocycles. The van der Waals surface area contributed by atoms with E-state index < -0.39 is 5.63 Å². The predicted molar refractivity (Wildman–Crippen MR) is 126 cm³/mol. The number of hydrogen-bond acceptors (Lipinski definition) is 6. The van der Waals surface area contributed by atoms with Crippen LogP contribution in [0.25, 0.3) is 11.0 Å². The Bertz CT molecular complexity index is 1170. The Hall–Kier alpha value is -3.03. The second-order valence-electron chi connectivity index (χ2n) is 7.44. The molecule has 0 unspecified atom stereocenters. The van der Waals surface area contributed by atoms with Gasteiger partial charge in [-0.25, -0.2) is 4.79 Å². The van der Waals surface area contributed by atoms with Gasteiger partial charge in [-0.2, -0.15) is 0 Å². The zero-order valence-electron chi connectivity index (χ0n) is 18.7. The summed E-state index contributed by atoms with van der Waals surface area (Å²) in [4.78, 5) is 26.4.